The van der Waals surface area contributed by atoms with E-state index in [1.165, 1.54) is 35.9 Å². The number of rotatable bonds is 17. The van der Waals surface area contributed by atoms with Crippen molar-refractivity contribution in [2.75, 3.05) is 24.7 Å². The molecular weight excluding hydrogens is 628 g/mol. The summed E-state index contributed by atoms with van der Waals surface area (Å²) in [6.07, 6.45) is 7.66. The zero-order chi connectivity index (χ0) is 34.3. The van der Waals surface area contributed by atoms with Crippen LogP contribution in [0, 0.1) is 0 Å². The Morgan fingerprint density at radius 1 is 0.771 bits per heavy atom. The Balaban J connectivity index is 1.32. The number of unbranched alkanes of at least 4 members (excludes halogenated alkanes) is 4. The van der Waals surface area contributed by atoms with Crippen LogP contribution in [0.15, 0.2) is 102 Å². The molecule has 0 unspecified atom stereocenters. The predicted molar refractivity (Wildman–Crippen MR) is 187 cm³/mol. The topological polar surface area (TPSA) is 122 Å². The number of carbonyl (C=O) groups excluding carboxylic acids is 3. The molecular formula is C38H40N2O7S. The number of amides is 2. The molecule has 4 aromatic rings. The highest BCUT2D eigenvalue weighted by Crippen LogP contribution is 2.22. The summed E-state index contributed by atoms with van der Waals surface area (Å²) in [6.45, 7) is 2.32. The number of ether oxygens (including phenoxy) is 2. The fraction of sp³-hybridized carbons (Fsp3) is 0.263. The first-order valence-electron chi connectivity index (χ1n) is 15.9. The maximum absolute atomic E-state index is 13.3. The molecule has 0 heterocycles. The van der Waals surface area contributed by atoms with Crippen molar-refractivity contribution in [3.63, 3.8) is 0 Å². The van der Waals surface area contributed by atoms with Crippen molar-refractivity contribution in [3.8, 4) is 11.5 Å². The first kappa shape index (κ1) is 35.8. The van der Waals surface area contributed by atoms with Crippen LogP contribution < -0.4 is 14.8 Å². The van der Waals surface area contributed by atoms with Crippen LogP contribution in [-0.4, -0.2) is 53.2 Å². The number of nitrogens with one attached hydrogen (secondary N) is 1. The average Bonchev–Trinajstić information content (AvgIpc) is 3.10. The Morgan fingerprint density at radius 2 is 1.42 bits per heavy atom. The minimum absolute atomic E-state index is 0.0172. The second-order valence-corrected chi connectivity index (χ2v) is 12.0. The van der Waals surface area contributed by atoms with Crippen LogP contribution in [0.25, 0.3) is 0 Å². The number of hydrogen-bond acceptors (Lipinski definition) is 7. The maximum Gasteiger partial charge on any atom is 0.343 e. The Kier molecular flexibility index (Phi) is 13.6. The SMILES string of the molecule is CCCCCCCOc1ccc(C(=O)Oc2ccc(CN(CC(=O)O)C(=O)c3ccc(NC(=O)c4ccccc4SC)cc3)cc2)cc1. The Labute approximate surface area is 285 Å². The van der Waals surface area contributed by atoms with Gasteiger partial charge in [0.15, 0.2) is 0 Å². The van der Waals surface area contributed by atoms with E-state index in [1.54, 1.807) is 84.9 Å². The molecule has 0 radical (unpaired) electrons. The third-order valence-electron chi connectivity index (χ3n) is 7.47. The quantitative estimate of drug-likeness (QED) is 0.0503. The minimum Gasteiger partial charge on any atom is -0.494 e. The van der Waals surface area contributed by atoms with E-state index >= 15 is 0 Å². The standard InChI is InChI=1S/C38H40N2O7S/c1-3-4-5-6-9-24-46-31-22-16-29(17-23-31)38(45)47-32-20-12-27(13-21-32)25-40(26-35(41)42)37(44)28-14-18-30(19-15-28)39-36(43)33-10-7-8-11-34(33)48-2/h7-8,10-23H,3-6,9,24-26H2,1-2H3,(H,39,43)(H,41,42). The van der Waals surface area contributed by atoms with Gasteiger partial charge in [-0.25, -0.2) is 4.79 Å². The molecule has 9 nitrogen and oxygen atoms in total. The molecule has 48 heavy (non-hydrogen) atoms. The van der Waals surface area contributed by atoms with Crippen molar-refractivity contribution >= 4 is 41.2 Å². The largest absolute Gasteiger partial charge is 0.494 e. The molecule has 4 rings (SSSR count). The van der Waals surface area contributed by atoms with Crippen LogP contribution in [-0.2, 0) is 11.3 Å². The number of nitrogens with zero attached hydrogens (tertiary/aromatic N) is 1. The Hall–Kier alpha value is -5.09. The van der Waals surface area contributed by atoms with Gasteiger partial charge in [-0.1, -0.05) is 56.9 Å². The number of anilines is 1. The normalized spacial score (nSPS) is 10.6. The molecule has 0 spiro atoms. The summed E-state index contributed by atoms with van der Waals surface area (Å²) in [5, 5.41) is 12.3. The van der Waals surface area contributed by atoms with E-state index < -0.39 is 24.4 Å². The number of carboxylic acids is 1. The van der Waals surface area contributed by atoms with Crippen molar-refractivity contribution in [2.24, 2.45) is 0 Å². The molecule has 0 atom stereocenters. The molecule has 10 heteroatoms. The second-order valence-electron chi connectivity index (χ2n) is 11.1. The summed E-state index contributed by atoms with van der Waals surface area (Å²) < 4.78 is 11.3. The molecule has 2 N–H and O–H groups in total. The molecule has 0 aliphatic carbocycles. The van der Waals surface area contributed by atoms with Crippen molar-refractivity contribution in [2.45, 2.75) is 50.5 Å². The number of aliphatic carboxylic acids is 1. The molecule has 0 fully saturated rings. The molecule has 2 amide bonds. The number of carbonyl (C=O) groups is 4. The first-order chi connectivity index (χ1) is 23.3. The van der Waals surface area contributed by atoms with E-state index in [4.69, 9.17) is 9.47 Å². The third kappa shape index (κ3) is 10.7. The van der Waals surface area contributed by atoms with Crippen molar-refractivity contribution in [1.29, 1.82) is 0 Å². The fourth-order valence-corrected chi connectivity index (χ4v) is 5.50. The van der Waals surface area contributed by atoms with Crippen LogP contribution in [0.2, 0.25) is 0 Å². The molecule has 0 aliphatic heterocycles. The number of benzene rings is 4. The molecule has 0 saturated heterocycles. The summed E-state index contributed by atoms with van der Waals surface area (Å²) in [6, 6.07) is 26.9. The zero-order valence-corrected chi connectivity index (χ0v) is 28.0. The third-order valence-corrected chi connectivity index (χ3v) is 8.26. The predicted octanol–water partition coefficient (Wildman–Crippen LogP) is 7.96. The highest BCUT2D eigenvalue weighted by atomic mass is 32.2. The van der Waals surface area contributed by atoms with E-state index in [1.807, 2.05) is 18.4 Å². The van der Waals surface area contributed by atoms with Gasteiger partial charge in [0, 0.05) is 22.7 Å². The van der Waals surface area contributed by atoms with Gasteiger partial charge in [0.1, 0.15) is 18.0 Å². The van der Waals surface area contributed by atoms with Crippen LogP contribution in [0.5, 0.6) is 11.5 Å². The number of esters is 1. The maximum atomic E-state index is 13.3. The van der Waals surface area contributed by atoms with Crippen molar-refractivity contribution in [3.05, 3.63) is 119 Å². The number of hydrogen-bond donors (Lipinski definition) is 2. The summed E-state index contributed by atoms with van der Waals surface area (Å²) in [7, 11) is 0. The van der Waals surface area contributed by atoms with Crippen molar-refractivity contribution < 1.29 is 33.8 Å². The monoisotopic (exact) mass is 668 g/mol. The smallest absolute Gasteiger partial charge is 0.343 e. The van der Waals surface area contributed by atoms with E-state index in [9.17, 15) is 24.3 Å². The summed E-state index contributed by atoms with van der Waals surface area (Å²) in [5.74, 6) is -1.43. The lowest BCUT2D eigenvalue weighted by molar-refractivity contribution is -0.137. The van der Waals surface area contributed by atoms with Gasteiger partial charge < -0.3 is 24.8 Å². The van der Waals surface area contributed by atoms with Crippen LogP contribution >= 0.6 is 11.8 Å². The van der Waals surface area contributed by atoms with Gasteiger partial charge in [-0.05, 0) is 91.0 Å². The van der Waals surface area contributed by atoms with Gasteiger partial charge in [0.2, 0.25) is 0 Å². The number of thioether (sulfide) groups is 1. The Morgan fingerprint density at radius 3 is 2.08 bits per heavy atom. The fourth-order valence-electron chi connectivity index (χ4n) is 4.90. The summed E-state index contributed by atoms with van der Waals surface area (Å²) >= 11 is 1.47. The van der Waals surface area contributed by atoms with Crippen molar-refractivity contribution in [1.82, 2.24) is 4.90 Å². The van der Waals surface area contributed by atoms with Crippen LogP contribution in [0.4, 0.5) is 5.69 Å². The van der Waals surface area contributed by atoms with Gasteiger partial charge in [0.25, 0.3) is 11.8 Å². The van der Waals surface area contributed by atoms with Gasteiger partial charge in [0.05, 0.1) is 17.7 Å². The van der Waals surface area contributed by atoms with Gasteiger partial charge in [-0.15, -0.1) is 11.8 Å². The van der Waals surface area contributed by atoms with Crippen LogP contribution in [0.3, 0.4) is 0 Å². The molecule has 250 valence electrons. The Bertz CT molecular complexity index is 1670. The van der Waals surface area contributed by atoms with E-state index in [0.29, 0.717) is 40.5 Å². The lowest BCUT2D eigenvalue weighted by Gasteiger charge is -2.21. The lowest BCUT2D eigenvalue weighted by atomic mass is 10.1. The van der Waals surface area contributed by atoms with Gasteiger partial charge >= 0.3 is 11.9 Å². The molecule has 0 aliphatic rings. The summed E-state index contributed by atoms with van der Waals surface area (Å²) in [4.78, 5) is 52.5. The number of carboxylic acid groups (broad SMARTS) is 1. The van der Waals surface area contributed by atoms with E-state index in [-0.39, 0.29) is 18.0 Å². The van der Waals surface area contributed by atoms with Gasteiger partial charge in [-0.2, -0.15) is 0 Å². The molecule has 4 aromatic carbocycles. The highest BCUT2D eigenvalue weighted by molar-refractivity contribution is 7.98. The molecule has 0 aromatic heterocycles. The lowest BCUT2D eigenvalue weighted by Crippen LogP contribution is -2.35. The van der Waals surface area contributed by atoms with E-state index in [2.05, 4.69) is 12.2 Å². The highest BCUT2D eigenvalue weighted by Gasteiger charge is 2.20. The van der Waals surface area contributed by atoms with Gasteiger partial charge in [-0.3, -0.25) is 14.4 Å². The second kappa shape index (κ2) is 18.3. The van der Waals surface area contributed by atoms with E-state index in [0.717, 1.165) is 17.7 Å². The summed E-state index contributed by atoms with van der Waals surface area (Å²) in [5.41, 5.74) is 2.34. The molecule has 0 saturated carbocycles. The molecule has 0 bridgehead atoms. The average molecular weight is 669 g/mol. The first-order valence-corrected chi connectivity index (χ1v) is 17.1. The van der Waals surface area contributed by atoms with Crippen LogP contribution in [0.1, 0.15) is 75.7 Å². The minimum atomic E-state index is -1.16. The zero-order valence-electron chi connectivity index (χ0n) is 27.1.